The van der Waals surface area contributed by atoms with E-state index in [0.717, 1.165) is 31.7 Å². The second kappa shape index (κ2) is 6.28. The maximum absolute atomic E-state index is 5.83. The summed E-state index contributed by atoms with van der Waals surface area (Å²) in [5.41, 5.74) is 5.45. The summed E-state index contributed by atoms with van der Waals surface area (Å²) in [5.74, 6) is 7.18. The number of ether oxygens (including phenoxy) is 1. The number of para-hydroxylation sites is 1. The molecular weight excluding hydrogens is 264 g/mol. The van der Waals surface area contributed by atoms with Gasteiger partial charge in [-0.25, -0.2) is 0 Å². The van der Waals surface area contributed by atoms with Crippen LogP contribution in [0.4, 0.5) is 0 Å². The Labute approximate surface area is 125 Å². The van der Waals surface area contributed by atoms with Gasteiger partial charge in [0.15, 0.2) is 0 Å². The lowest BCUT2D eigenvalue weighted by molar-refractivity contribution is 0.245. The second-order valence-corrected chi connectivity index (χ2v) is 5.46. The van der Waals surface area contributed by atoms with Crippen molar-refractivity contribution < 1.29 is 4.74 Å². The molecule has 0 aliphatic carbocycles. The summed E-state index contributed by atoms with van der Waals surface area (Å²) in [7, 11) is 0. The molecule has 0 amide bonds. The molecule has 21 heavy (non-hydrogen) atoms. The number of rotatable bonds is 5. The Morgan fingerprint density at radius 3 is 3.10 bits per heavy atom. The number of aryl methyl sites for hydroxylation is 1. The van der Waals surface area contributed by atoms with E-state index in [1.165, 1.54) is 11.1 Å². The Balaban J connectivity index is 1.80. The van der Waals surface area contributed by atoms with E-state index in [-0.39, 0.29) is 6.04 Å². The van der Waals surface area contributed by atoms with Gasteiger partial charge in [-0.05, 0) is 37.0 Å². The van der Waals surface area contributed by atoms with Crippen molar-refractivity contribution in [2.45, 2.75) is 38.3 Å². The molecule has 2 unspecified atom stereocenters. The zero-order chi connectivity index (χ0) is 14.7. The molecule has 0 fully saturated rings. The molecule has 0 saturated carbocycles. The molecule has 1 aromatic heterocycles. The van der Waals surface area contributed by atoms with Crippen molar-refractivity contribution >= 4 is 0 Å². The summed E-state index contributed by atoms with van der Waals surface area (Å²) in [6.45, 7) is 3.72. The average Bonchev–Trinajstić information content (AvgIpc) is 3.00. The van der Waals surface area contributed by atoms with Crippen LogP contribution in [0.3, 0.4) is 0 Å². The highest BCUT2D eigenvalue weighted by Crippen LogP contribution is 2.36. The molecule has 5 nitrogen and oxygen atoms in total. The fourth-order valence-corrected chi connectivity index (χ4v) is 3.04. The lowest BCUT2D eigenvalue weighted by Gasteiger charge is -2.31. The van der Waals surface area contributed by atoms with Gasteiger partial charge in [0.25, 0.3) is 0 Å². The molecule has 1 aliphatic rings. The summed E-state index contributed by atoms with van der Waals surface area (Å²) in [4.78, 5) is 0. The van der Waals surface area contributed by atoms with Crippen molar-refractivity contribution in [2.75, 3.05) is 6.61 Å². The molecule has 0 bridgehead atoms. The van der Waals surface area contributed by atoms with Crippen molar-refractivity contribution in [1.29, 1.82) is 0 Å². The standard InChI is InChI=1S/C16H22N4O/c1-2-20-11-12(10-18-20)9-15(19-17)13-7-8-21-16-6-4-3-5-14(13)16/h3-6,10-11,13,15,19H,2,7-9,17H2,1H3. The van der Waals surface area contributed by atoms with Crippen molar-refractivity contribution in [2.24, 2.45) is 5.84 Å². The molecule has 0 saturated heterocycles. The zero-order valence-electron chi connectivity index (χ0n) is 12.3. The maximum atomic E-state index is 5.83. The summed E-state index contributed by atoms with van der Waals surface area (Å²) in [6.07, 6.45) is 5.87. The summed E-state index contributed by atoms with van der Waals surface area (Å²) in [6, 6.07) is 8.42. The number of hydrogen-bond donors (Lipinski definition) is 2. The smallest absolute Gasteiger partial charge is 0.122 e. The minimum atomic E-state index is 0.185. The number of hydrogen-bond acceptors (Lipinski definition) is 4. The van der Waals surface area contributed by atoms with Gasteiger partial charge < -0.3 is 4.74 Å². The van der Waals surface area contributed by atoms with E-state index >= 15 is 0 Å². The van der Waals surface area contributed by atoms with Crippen LogP contribution in [0.2, 0.25) is 0 Å². The first-order valence-corrected chi connectivity index (χ1v) is 7.51. The summed E-state index contributed by atoms with van der Waals surface area (Å²) >= 11 is 0. The van der Waals surface area contributed by atoms with E-state index in [1.54, 1.807) is 0 Å². The highest BCUT2D eigenvalue weighted by molar-refractivity contribution is 5.39. The number of aromatic nitrogens is 2. The molecule has 5 heteroatoms. The Hall–Kier alpha value is -1.85. The fourth-order valence-electron chi connectivity index (χ4n) is 3.04. The number of nitrogens with two attached hydrogens (primary N) is 1. The highest BCUT2D eigenvalue weighted by atomic mass is 16.5. The minimum Gasteiger partial charge on any atom is -0.493 e. The first-order chi connectivity index (χ1) is 10.3. The first-order valence-electron chi connectivity index (χ1n) is 7.51. The maximum Gasteiger partial charge on any atom is 0.122 e. The average molecular weight is 286 g/mol. The SMILES string of the molecule is CCn1cc(CC(NN)C2CCOc3ccccc32)cn1. The van der Waals surface area contributed by atoms with E-state index < -0.39 is 0 Å². The van der Waals surface area contributed by atoms with Crippen molar-refractivity contribution in [3.05, 3.63) is 47.8 Å². The molecular formula is C16H22N4O. The third-order valence-electron chi connectivity index (χ3n) is 4.17. The Morgan fingerprint density at radius 2 is 2.33 bits per heavy atom. The van der Waals surface area contributed by atoms with Gasteiger partial charge in [-0.2, -0.15) is 5.10 Å². The van der Waals surface area contributed by atoms with E-state index in [9.17, 15) is 0 Å². The zero-order valence-corrected chi connectivity index (χ0v) is 12.3. The van der Waals surface area contributed by atoms with E-state index in [0.29, 0.717) is 5.92 Å². The number of fused-ring (bicyclic) bond motifs is 1. The van der Waals surface area contributed by atoms with Gasteiger partial charge in [-0.3, -0.25) is 16.0 Å². The monoisotopic (exact) mass is 286 g/mol. The lowest BCUT2D eigenvalue weighted by Crippen LogP contribution is -2.42. The molecule has 3 rings (SSSR count). The Morgan fingerprint density at radius 1 is 1.48 bits per heavy atom. The van der Waals surface area contributed by atoms with Gasteiger partial charge >= 0.3 is 0 Å². The van der Waals surface area contributed by atoms with Gasteiger partial charge in [0, 0.05) is 24.7 Å². The van der Waals surface area contributed by atoms with Crippen LogP contribution in [0.25, 0.3) is 0 Å². The first kappa shape index (κ1) is 14.1. The Bertz CT molecular complexity index is 595. The summed E-state index contributed by atoms with van der Waals surface area (Å²) < 4.78 is 7.68. The molecule has 0 radical (unpaired) electrons. The predicted molar refractivity (Wildman–Crippen MR) is 82.0 cm³/mol. The number of nitrogens with one attached hydrogen (secondary N) is 1. The number of nitrogens with zero attached hydrogens (tertiary/aromatic N) is 2. The van der Waals surface area contributed by atoms with Gasteiger partial charge in [-0.15, -0.1) is 0 Å². The van der Waals surface area contributed by atoms with E-state index in [4.69, 9.17) is 10.6 Å². The van der Waals surface area contributed by atoms with Crippen LogP contribution in [0.15, 0.2) is 36.7 Å². The third kappa shape index (κ3) is 2.94. The number of hydrazine groups is 1. The molecule has 2 atom stereocenters. The van der Waals surface area contributed by atoms with Crippen molar-refractivity contribution in [3.63, 3.8) is 0 Å². The van der Waals surface area contributed by atoms with Crippen LogP contribution in [0.1, 0.15) is 30.4 Å². The molecule has 1 aromatic carbocycles. The van der Waals surface area contributed by atoms with Crippen molar-refractivity contribution in [1.82, 2.24) is 15.2 Å². The normalized spacial score (nSPS) is 18.9. The van der Waals surface area contributed by atoms with Crippen LogP contribution in [0, 0.1) is 0 Å². The van der Waals surface area contributed by atoms with Gasteiger partial charge in [-0.1, -0.05) is 18.2 Å². The van der Waals surface area contributed by atoms with E-state index in [2.05, 4.69) is 35.8 Å². The lowest BCUT2D eigenvalue weighted by atomic mass is 9.84. The van der Waals surface area contributed by atoms with Crippen molar-refractivity contribution in [3.8, 4) is 5.75 Å². The summed E-state index contributed by atoms with van der Waals surface area (Å²) in [5, 5.41) is 4.33. The molecule has 0 spiro atoms. The minimum absolute atomic E-state index is 0.185. The molecule has 2 aromatic rings. The second-order valence-electron chi connectivity index (χ2n) is 5.46. The highest BCUT2D eigenvalue weighted by Gasteiger charge is 2.28. The number of benzene rings is 1. The third-order valence-corrected chi connectivity index (χ3v) is 4.17. The van der Waals surface area contributed by atoms with E-state index in [1.807, 2.05) is 23.0 Å². The van der Waals surface area contributed by atoms with Crippen LogP contribution in [0.5, 0.6) is 5.75 Å². The predicted octanol–water partition coefficient (Wildman–Crippen LogP) is 1.84. The van der Waals surface area contributed by atoms with Crippen LogP contribution in [-0.4, -0.2) is 22.4 Å². The van der Waals surface area contributed by atoms with Gasteiger partial charge in [0.2, 0.25) is 0 Å². The quantitative estimate of drug-likeness (QED) is 0.650. The molecule has 2 heterocycles. The van der Waals surface area contributed by atoms with Crippen LogP contribution < -0.4 is 16.0 Å². The fraction of sp³-hybridized carbons (Fsp3) is 0.438. The Kier molecular flexibility index (Phi) is 4.22. The van der Waals surface area contributed by atoms with Gasteiger partial charge in [0.1, 0.15) is 5.75 Å². The molecule has 112 valence electrons. The van der Waals surface area contributed by atoms with Crippen LogP contribution >= 0.6 is 0 Å². The molecule has 1 aliphatic heterocycles. The molecule has 3 N–H and O–H groups in total. The van der Waals surface area contributed by atoms with Crippen LogP contribution in [-0.2, 0) is 13.0 Å². The largest absolute Gasteiger partial charge is 0.493 e. The van der Waals surface area contributed by atoms with Gasteiger partial charge in [0.05, 0.1) is 12.8 Å². The topological polar surface area (TPSA) is 65.1 Å².